The van der Waals surface area contributed by atoms with E-state index >= 15 is 0 Å². The molecule has 96 valence electrons. The average Bonchev–Trinajstić information content (AvgIpc) is 3.08. The van der Waals surface area contributed by atoms with Crippen molar-refractivity contribution in [2.24, 2.45) is 11.7 Å². The van der Waals surface area contributed by atoms with Gasteiger partial charge in [-0.3, -0.25) is 4.90 Å². The van der Waals surface area contributed by atoms with Gasteiger partial charge >= 0.3 is 0 Å². The van der Waals surface area contributed by atoms with Crippen LogP contribution in [-0.2, 0) is 6.54 Å². The second kappa shape index (κ2) is 5.23. The second-order valence-corrected chi connectivity index (χ2v) is 5.03. The van der Waals surface area contributed by atoms with E-state index in [0.717, 1.165) is 37.7 Å². The normalized spacial score (nSPS) is 19.5. The van der Waals surface area contributed by atoms with Gasteiger partial charge in [-0.15, -0.1) is 0 Å². The van der Waals surface area contributed by atoms with Crippen molar-refractivity contribution in [1.82, 2.24) is 4.90 Å². The molecule has 1 aromatic rings. The third-order valence-corrected chi connectivity index (χ3v) is 4.24. The van der Waals surface area contributed by atoms with Crippen LogP contribution in [0.5, 0.6) is 0 Å². The van der Waals surface area contributed by atoms with E-state index in [1.165, 1.54) is 12.8 Å². The molecule has 0 saturated heterocycles. The minimum Gasteiger partial charge on any atom is -0.468 e. The van der Waals surface area contributed by atoms with Gasteiger partial charge in [0.1, 0.15) is 5.76 Å². The maximum Gasteiger partial charge on any atom is 0.117 e. The van der Waals surface area contributed by atoms with E-state index < -0.39 is 0 Å². The standard InChI is InChI=1S/C14H24N2O/c1-3-14(11-15,12-7-8-12)16(4-2)10-13-6-5-9-17-13/h5-6,9,12H,3-4,7-8,10-11,15H2,1-2H3. The summed E-state index contributed by atoms with van der Waals surface area (Å²) in [5, 5.41) is 0. The van der Waals surface area contributed by atoms with E-state index in [1.54, 1.807) is 6.26 Å². The summed E-state index contributed by atoms with van der Waals surface area (Å²) in [6.07, 6.45) is 5.54. The van der Waals surface area contributed by atoms with Crippen LogP contribution in [0.3, 0.4) is 0 Å². The van der Waals surface area contributed by atoms with E-state index in [1.807, 2.05) is 12.1 Å². The molecule has 1 fully saturated rings. The van der Waals surface area contributed by atoms with Crippen molar-refractivity contribution >= 4 is 0 Å². The summed E-state index contributed by atoms with van der Waals surface area (Å²) in [6.45, 7) is 7.14. The van der Waals surface area contributed by atoms with Gasteiger partial charge in [0.15, 0.2) is 0 Å². The quantitative estimate of drug-likeness (QED) is 0.791. The Kier molecular flexibility index (Phi) is 3.89. The number of nitrogens with two attached hydrogens (primary N) is 1. The highest BCUT2D eigenvalue weighted by molar-refractivity contribution is 5.05. The van der Waals surface area contributed by atoms with Crippen LogP contribution in [0.15, 0.2) is 22.8 Å². The molecule has 1 aliphatic carbocycles. The Morgan fingerprint density at radius 1 is 1.47 bits per heavy atom. The van der Waals surface area contributed by atoms with Crippen LogP contribution in [0, 0.1) is 5.92 Å². The summed E-state index contributed by atoms with van der Waals surface area (Å²) in [5.41, 5.74) is 6.27. The number of nitrogens with zero attached hydrogens (tertiary/aromatic N) is 1. The summed E-state index contributed by atoms with van der Waals surface area (Å²) in [6, 6.07) is 4.00. The first-order chi connectivity index (χ1) is 8.26. The van der Waals surface area contributed by atoms with Crippen LogP contribution in [-0.4, -0.2) is 23.5 Å². The second-order valence-electron chi connectivity index (χ2n) is 5.03. The Morgan fingerprint density at radius 3 is 2.65 bits per heavy atom. The largest absolute Gasteiger partial charge is 0.468 e. The van der Waals surface area contributed by atoms with Gasteiger partial charge in [0.05, 0.1) is 12.8 Å². The minimum atomic E-state index is 0.182. The Morgan fingerprint density at radius 2 is 2.24 bits per heavy atom. The molecule has 1 aromatic heterocycles. The lowest BCUT2D eigenvalue weighted by molar-refractivity contribution is 0.0592. The van der Waals surface area contributed by atoms with Crippen LogP contribution in [0.4, 0.5) is 0 Å². The van der Waals surface area contributed by atoms with Crippen LogP contribution in [0.2, 0.25) is 0 Å². The fourth-order valence-electron chi connectivity index (χ4n) is 3.01. The van der Waals surface area contributed by atoms with Gasteiger partial charge in [0.2, 0.25) is 0 Å². The molecular formula is C14H24N2O. The van der Waals surface area contributed by atoms with Crippen molar-refractivity contribution in [3.63, 3.8) is 0 Å². The molecule has 0 amide bonds. The summed E-state index contributed by atoms with van der Waals surface area (Å²) in [7, 11) is 0. The van der Waals surface area contributed by atoms with Gasteiger partial charge in [0.25, 0.3) is 0 Å². The third-order valence-electron chi connectivity index (χ3n) is 4.24. The van der Waals surface area contributed by atoms with E-state index in [2.05, 4.69) is 18.7 Å². The van der Waals surface area contributed by atoms with Gasteiger partial charge in [-0.25, -0.2) is 0 Å². The molecule has 2 rings (SSSR count). The molecule has 0 aromatic carbocycles. The SMILES string of the molecule is CCN(Cc1ccco1)C(CC)(CN)C1CC1. The zero-order chi connectivity index (χ0) is 12.3. The Labute approximate surface area is 104 Å². The summed E-state index contributed by atoms with van der Waals surface area (Å²) in [5.74, 6) is 1.83. The molecule has 1 atom stereocenters. The van der Waals surface area contributed by atoms with Crippen LogP contribution in [0.1, 0.15) is 38.9 Å². The lowest BCUT2D eigenvalue weighted by atomic mass is 9.87. The third kappa shape index (κ3) is 2.40. The lowest BCUT2D eigenvalue weighted by Gasteiger charge is -2.42. The molecule has 2 N–H and O–H groups in total. The Hall–Kier alpha value is -0.800. The van der Waals surface area contributed by atoms with Crippen molar-refractivity contribution in [2.75, 3.05) is 13.1 Å². The molecule has 0 spiro atoms. The highest BCUT2D eigenvalue weighted by Gasteiger charge is 2.46. The monoisotopic (exact) mass is 236 g/mol. The van der Waals surface area contributed by atoms with E-state index in [0.29, 0.717) is 0 Å². The molecule has 1 aliphatic rings. The minimum absolute atomic E-state index is 0.182. The van der Waals surface area contributed by atoms with Gasteiger partial charge in [-0.2, -0.15) is 0 Å². The molecule has 0 bridgehead atoms. The predicted molar refractivity (Wildman–Crippen MR) is 69.6 cm³/mol. The van der Waals surface area contributed by atoms with Crippen LogP contribution in [0.25, 0.3) is 0 Å². The zero-order valence-electron chi connectivity index (χ0n) is 11.0. The van der Waals surface area contributed by atoms with Crippen molar-refractivity contribution < 1.29 is 4.42 Å². The van der Waals surface area contributed by atoms with Crippen molar-refractivity contribution in [2.45, 2.75) is 45.2 Å². The molecule has 1 heterocycles. The topological polar surface area (TPSA) is 42.4 Å². The Balaban J connectivity index is 2.14. The van der Waals surface area contributed by atoms with Gasteiger partial charge in [-0.05, 0) is 43.9 Å². The van der Waals surface area contributed by atoms with E-state index in [9.17, 15) is 0 Å². The first-order valence-electron chi connectivity index (χ1n) is 6.74. The molecule has 3 heteroatoms. The lowest BCUT2D eigenvalue weighted by Crippen LogP contribution is -2.54. The first kappa shape index (κ1) is 12.7. The van der Waals surface area contributed by atoms with E-state index in [4.69, 9.17) is 10.2 Å². The fourth-order valence-corrected chi connectivity index (χ4v) is 3.01. The molecule has 0 aliphatic heterocycles. The van der Waals surface area contributed by atoms with Gasteiger partial charge in [0, 0.05) is 12.1 Å². The summed E-state index contributed by atoms with van der Waals surface area (Å²) >= 11 is 0. The van der Waals surface area contributed by atoms with Crippen molar-refractivity contribution in [1.29, 1.82) is 0 Å². The number of rotatable bonds is 7. The highest BCUT2D eigenvalue weighted by Crippen LogP contribution is 2.45. The summed E-state index contributed by atoms with van der Waals surface area (Å²) in [4.78, 5) is 2.50. The summed E-state index contributed by atoms with van der Waals surface area (Å²) < 4.78 is 5.47. The van der Waals surface area contributed by atoms with Crippen LogP contribution >= 0.6 is 0 Å². The van der Waals surface area contributed by atoms with Gasteiger partial charge in [-0.1, -0.05) is 13.8 Å². The molecule has 17 heavy (non-hydrogen) atoms. The number of hydrogen-bond acceptors (Lipinski definition) is 3. The maximum atomic E-state index is 6.09. The maximum absolute atomic E-state index is 6.09. The molecule has 0 radical (unpaired) electrons. The molecule has 1 unspecified atom stereocenters. The van der Waals surface area contributed by atoms with Crippen LogP contribution < -0.4 is 5.73 Å². The van der Waals surface area contributed by atoms with Crippen molar-refractivity contribution in [3.05, 3.63) is 24.2 Å². The first-order valence-corrected chi connectivity index (χ1v) is 6.74. The average molecular weight is 236 g/mol. The zero-order valence-corrected chi connectivity index (χ0v) is 11.0. The molecule has 3 nitrogen and oxygen atoms in total. The molecule has 1 saturated carbocycles. The smallest absolute Gasteiger partial charge is 0.117 e. The number of likely N-dealkylation sites (N-methyl/N-ethyl adjacent to an activating group) is 1. The van der Waals surface area contributed by atoms with E-state index in [-0.39, 0.29) is 5.54 Å². The fraction of sp³-hybridized carbons (Fsp3) is 0.714. The molecular weight excluding hydrogens is 212 g/mol. The Bertz CT molecular complexity index is 326. The number of furan rings is 1. The van der Waals surface area contributed by atoms with Gasteiger partial charge < -0.3 is 10.2 Å². The predicted octanol–water partition coefficient (Wildman–Crippen LogP) is 2.62. The highest BCUT2D eigenvalue weighted by atomic mass is 16.3. The van der Waals surface area contributed by atoms with Crippen molar-refractivity contribution in [3.8, 4) is 0 Å². The number of hydrogen-bond donors (Lipinski definition) is 1.